The summed E-state index contributed by atoms with van der Waals surface area (Å²) in [6.07, 6.45) is 2.27. The second kappa shape index (κ2) is 8.05. The van der Waals surface area contributed by atoms with Crippen molar-refractivity contribution in [2.45, 2.75) is 39.7 Å². The van der Waals surface area contributed by atoms with Crippen molar-refractivity contribution in [3.63, 3.8) is 0 Å². The second-order valence-corrected chi connectivity index (χ2v) is 4.69. The maximum atomic E-state index is 5.53. The molecule has 0 aromatic heterocycles. The standard InChI is InChI=1S/C16H27NO2/c1-6-12(7-2)16(17-8-3)15-13(18-4)10-9-11-14(15)19-5/h9-12,16-17H,6-8H2,1-5H3. The predicted molar refractivity (Wildman–Crippen MR) is 80.0 cm³/mol. The van der Waals surface area contributed by atoms with Crippen molar-refractivity contribution in [1.82, 2.24) is 5.32 Å². The van der Waals surface area contributed by atoms with Crippen molar-refractivity contribution in [3.8, 4) is 11.5 Å². The van der Waals surface area contributed by atoms with Crippen LogP contribution in [0.4, 0.5) is 0 Å². The van der Waals surface area contributed by atoms with Gasteiger partial charge in [0.1, 0.15) is 11.5 Å². The van der Waals surface area contributed by atoms with Gasteiger partial charge in [-0.2, -0.15) is 0 Å². The minimum absolute atomic E-state index is 0.270. The quantitative estimate of drug-likeness (QED) is 0.775. The van der Waals surface area contributed by atoms with Crippen LogP contribution in [-0.4, -0.2) is 20.8 Å². The third-order valence-electron chi connectivity index (χ3n) is 3.72. The Labute approximate surface area is 117 Å². The fraction of sp³-hybridized carbons (Fsp3) is 0.625. The summed E-state index contributed by atoms with van der Waals surface area (Å²) in [6.45, 7) is 7.54. The van der Waals surface area contributed by atoms with Crippen LogP contribution in [0.1, 0.15) is 45.2 Å². The van der Waals surface area contributed by atoms with Crippen LogP contribution in [0.15, 0.2) is 18.2 Å². The first-order valence-electron chi connectivity index (χ1n) is 7.17. The van der Waals surface area contributed by atoms with E-state index in [-0.39, 0.29) is 6.04 Å². The van der Waals surface area contributed by atoms with E-state index in [9.17, 15) is 0 Å². The summed E-state index contributed by atoms with van der Waals surface area (Å²) in [5, 5.41) is 3.59. The van der Waals surface area contributed by atoms with Crippen molar-refractivity contribution < 1.29 is 9.47 Å². The van der Waals surface area contributed by atoms with E-state index in [1.165, 1.54) is 0 Å². The molecule has 1 atom stereocenters. The molecule has 0 aliphatic carbocycles. The number of rotatable bonds is 8. The summed E-state index contributed by atoms with van der Waals surface area (Å²) in [6, 6.07) is 6.25. The van der Waals surface area contributed by atoms with Crippen molar-refractivity contribution in [2.24, 2.45) is 5.92 Å². The Morgan fingerprint density at radius 2 is 1.53 bits per heavy atom. The summed E-state index contributed by atoms with van der Waals surface area (Å²) in [4.78, 5) is 0. The fourth-order valence-corrected chi connectivity index (χ4v) is 2.67. The van der Waals surface area contributed by atoms with Crippen LogP contribution in [0.25, 0.3) is 0 Å². The zero-order valence-corrected chi connectivity index (χ0v) is 12.8. The first kappa shape index (κ1) is 15.8. The van der Waals surface area contributed by atoms with Gasteiger partial charge >= 0.3 is 0 Å². The molecule has 0 heterocycles. The van der Waals surface area contributed by atoms with Gasteiger partial charge < -0.3 is 14.8 Å². The summed E-state index contributed by atoms with van der Waals surface area (Å²) in [5.41, 5.74) is 1.14. The van der Waals surface area contributed by atoms with E-state index in [0.29, 0.717) is 5.92 Å². The molecular weight excluding hydrogens is 238 g/mol. The van der Waals surface area contributed by atoms with Crippen molar-refractivity contribution >= 4 is 0 Å². The Kier molecular flexibility index (Phi) is 6.71. The van der Waals surface area contributed by atoms with Crippen molar-refractivity contribution in [3.05, 3.63) is 23.8 Å². The summed E-state index contributed by atoms with van der Waals surface area (Å²) >= 11 is 0. The van der Waals surface area contributed by atoms with Gasteiger partial charge in [0.05, 0.1) is 19.8 Å². The number of benzene rings is 1. The molecule has 0 bridgehead atoms. The maximum absolute atomic E-state index is 5.53. The first-order valence-corrected chi connectivity index (χ1v) is 7.17. The molecule has 0 spiro atoms. The van der Waals surface area contributed by atoms with Gasteiger partial charge in [0.25, 0.3) is 0 Å². The average Bonchev–Trinajstić information content (AvgIpc) is 2.46. The SMILES string of the molecule is CCNC(c1c(OC)cccc1OC)C(CC)CC. The van der Waals surface area contributed by atoms with Gasteiger partial charge in [-0.15, -0.1) is 0 Å². The summed E-state index contributed by atoms with van der Waals surface area (Å²) in [7, 11) is 3.43. The Bertz CT molecular complexity index is 353. The molecule has 0 saturated heterocycles. The Hall–Kier alpha value is -1.22. The van der Waals surface area contributed by atoms with Crippen molar-refractivity contribution in [2.75, 3.05) is 20.8 Å². The molecule has 1 N–H and O–H groups in total. The first-order chi connectivity index (χ1) is 9.23. The predicted octanol–water partition coefficient (Wildman–Crippen LogP) is 3.79. The number of nitrogens with one attached hydrogen (secondary N) is 1. The molecular formula is C16H27NO2. The van der Waals surface area contributed by atoms with E-state index in [1.54, 1.807) is 14.2 Å². The van der Waals surface area contributed by atoms with Gasteiger partial charge in [0.15, 0.2) is 0 Å². The molecule has 19 heavy (non-hydrogen) atoms. The van der Waals surface area contributed by atoms with E-state index in [1.807, 2.05) is 18.2 Å². The lowest BCUT2D eigenvalue weighted by molar-refractivity contribution is 0.313. The van der Waals surface area contributed by atoms with Crippen LogP contribution in [0.2, 0.25) is 0 Å². The van der Waals surface area contributed by atoms with E-state index in [4.69, 9.17) is 9.47 Å². The van der Waals surface area contributed by atoms with Crippen LogP contribution >= 0.6 is 0 Å². The molecule has 108 valence electrons. The van der Waals surface area contributed by atoms with E-state index < -0.39 is 0 Å². The molecule has 3 nitrogen and oxygen atoms in total. The lowest BCUT2D eigenvalue weighted by Crippen LogP contribution is -2.28. The van der Waals surface area contributed by atoms with Gasteiger partial charge in [0, 0.05) is 6.04 Å². The molecule has 0 aliphatic rings. The van der Waals surface area contributed by atoms with Crippen LogP contribution in [0, 0.1) is 5.92 Å². The molecule has 0 aliphatic heterocycles. The Balaban J connectivity index is 3.26. The number of hydrogen-bond donors (Lipinski definition) is 1. The van der Waals surface area contributed by atoms with Crippen LogP contribution in [-0.2, 0) is 0 Å². The largest absolute Gasteiger partial charge is 0.496 e. The number of ether oxygens (including phenoxy) is 2. The number of hydrogen-bond acceptors (Lipinski definition) is 3. The lowest BCUT2D eigenvalue weighted by Gasteiger charge is -2.29. The molecule has 1 unspecified atom stereocenters. The van der Waals surface area contributed by atoms with Crippen LogP contribution in [0.5, 0.6) is 11.5 Å². The topological polar surface area (TPSA) is 30.5 Å². The normalized spacial score (nSPS) is 12.5. The van der Waals surface area contributed by atoms with Gasteiger partial charge in [-0.05, 0) is 24.6 Å². The van der Waals surface area contributed by atoms with E-state index >= 15 is 0 Å². The van der Waals surface area contributed by atoms with Crippen molar-refractivity contribution in [1.29, 1.82) is 0 Å². The third kappa shape index (κ3) is 3.63. The summed E-state index contributed by atoms with van der Waals surface area (Å²) < 4.78 is 11.1. The van der Waals surface area contributed by atoms with Crippen LogP contribution in [0.3, 0.4) is 0 Å². The third-order valence-corrected chi connectivity index (χ3v) is 3.72. The maximum Gasteiger partial charge on any atom is 0.127 e. The number of methoxy groups -OCH3 is 2. The molecule has 1 rings (SSSR count). The smallest absolute Gasteiger partial charge is 0.127 e. The molecule has 0 saturated carbocycles. The zero-order valence-electron chi connectivity index (χ0n) is 12.8. The molecule has 0 amide bonds. The second-order valence-electron chi connectivity index (χ2n) is 4.69. The monoisotopic (exact) mass is 265 g/mol. The fourth-order valence-electron chi connectivity index (χ4n) is 2.67. The van der Waals surface area contributed by atoms with E-state index in [0.717, 1.165) is 36.4 Å². The molecule has 0 radical (unpaired) electrons. The molecule has 3 heteroatoms. The molecule has 0 fully saturated rings. The van der Waals surface area contributed by atoms with Crippen LogP contribution < -0.4 is 14.8 Å². The minimum atomic E-state index is 0.270. The molecule has 1 aromatic carbocycles. The highest BCUT2D eigenvalue weighted by Crippen LogP contribution is 2.39. The highest BCUT2D eigenvalue weighted by molar-refractivity contribution is 5.47. The Morgan fingerprint density at radius 1 is 1.00 bits per heavy atom. The average molecular weight is 265 g/mol. The van der Waals surface area contributed by atoms with Gasteiger partial charge in [-0.3, -0.25) is 0 Å². The van der Waals surface area contributed by atoms with Gasteiger partial charge in [-0.1, -0.05) is 39.7 Å². The van der Waals surface area contributed by atoms with E-state index in [2.05, 4.69) is 26.1 Å². The zero-order chi connectivity index (χ0) is 14.3. The summed E-state index contributed by atoms with van der Waals surface area (Å²) in [5.74, 6) is 2.37. The lowest BCUT2D eigenvalue weighted by atomic mass is 9.87. The van der Waals surface area contributed by atoms with Gasteiger partial charge in [-0.25, -0.2) is 0 Å². The minimum Gasteiger partial charge on any atom is -0.496 e. The highest BCUT2D eigenvalue weighted by atomic mass is 16.5. The highest BCUT2D eigenvalue weighted by Gasteiger charge is 2.26. The Morgan fingerprint density at radius 3 is 1.89 bits per heavy atom. The van der Waals surface area contributed by atoms with Gasteiger partial charge in [0.2, 0.25) is 0 Å². The molecule has 1 aromatic rings.